The predicted octanol–water partition coefficient (Wildman–Crippen LogP) is 4.30. The maximum atomic E-state index is 14.6. The molecule has 1 amide bonds. The fraction of sp³-hybridized carbons (Fsp3) is 0.292. The minimum Gasteiger partial charge on any atom is -0.467 e. The van der Waals surface area contributed by atoms with E-state index in [2.05, 4.69) is 10.4 Å². The van der Waals surface area contributed by atoms with Gasteiger partial charge in [0.2, 0.25) is 0 Å². The zero-order valence-electron chi connectivity index (χ0n) is 17.6. The van der Waals surface area contributed by atoms with E-state index in [4.69, 9.17) is 4.74 Å². The van der Waals surface area contributed by atoms with Gasteiger partial charge >= 0.3 is 5.97 Å². The van der Waals surface area contributed by atoms with Crippen LogP contribution in [0.25, 0.3) is 5.69 Å². The molecule has 2 aliphatic carbocycles. The molecule has 0 radical (unpaired) electrons. The topological polar surface area (TPSA) is 73.2 Å². The molecule has 1 heterocycles. The van der Waals surface area contributed by atoms with Crippen molar-refractivity contribution in [3.8, 4) is 5.69 Å². The fourth-order valence-corrected chi connectivity index (χ4v) is 4.99. The third-order valence-corrected chi connectivity index (χ3v) is 6.46. The van der Waals surface area contributed by atoms with Crippen LogP contribution >= 0.6 is 0 Å². The number of nitrogens with zero attached hydrogens (tertiary/aromatic N) is 2. The van der Waals surface area contributed by atoms with Crippen LogP contribution < -0.4 is 5.32 Å². The number of hydrogen-bond acceptors (Lipinski definition) is 4. The lowest BCUT2D eigenvalue weighted by molar-refractivity contribution is -0.143. The molecule has 1 N–H and O–H groups in total. The third kappa shape index (κ3) is 3.57. The van der Waals surface area contributed by atoms with E-state index < -0.39 is 35.4 Å². The van der Waals surface area contributed by atoms with Gasteiger partial charge in [0.1, 0.15) is 17.3 Å². The second-order valence-corrected chi connectivity index (χ2v) is 8.34. The van der Waals surface area contributed by atoms with Crippen molar-refractivity contribution in [3.05, 3.63) is 82.4 Å². The van der Waals surface area contributed by atoms with Gasteiger partial charge in [-0.1, -0.05) is 12.1 Å². The summed E-state index contributed by atoms with van der Waals surface area (Å²) in [6.45, 7) is 0. The second kappa shape index (κ2) is 8.06. The molecule has 3 aromatic rings. The number of methoxy groups -OCH3 is 1. The first-order valence-corrected chi connectivity index (χ1v) is 10.6. The largest absolute Gasteiger partial charge is 0.467 e. The van der Waals surface area contributed by atoms with Crippen LogP contribution in [-0.4, -0.2) is 28.8 Å². The van der Waals surface area contributed by atoms with Gasteiger partial charge in [-0.2, -0.15) is 5.10 Å². The van der Waals surface area contributed by atoms with Crippen LogP contribution in [0, 0.1) is 17.5 Å². The summed E-state index contributed by atoms with van der Waals surface area (Å²) in [6, 6.07) is 7.16. The summed E-state index contributed by atoms with van der Waals surface area (Å²) in [5.41, 5.74) is 1.98. The maximum Gasteiger partial charge on any atom is 0.333 e. The SMILES string of the molecule is COC(=O)[C@@H](NC(=O)c1nn(-c2ccc(F)cc2F)c2c1C1CCC2C1)c1ccc(F)cc1. The number of carbonyl (C=O) groups excluding carboxylic acids is 2. The molecular formula is C24H20F3N3O3. The van der Waals surface area contributed by atoms with Gasteiger partial charge in [0, 0.05) is 17.5 Å². The number of ether oxygens (including phenoxy) is 1. The fourth-order valence-electron chi connectivity index (χ4n) is 4.99. The molecule has 3 atom stereocenters. The molecular weight excluding hydrogens is 435 g/mol. The lowest BCUT2D eigenvalue weighted by Gasteiger charge is -2.17. The highest BCUT2D eigenvalue weighted by molar-refractivity contribution is 5.97. The molecule has 0 saturated heterocycles. The Hall–Kier alpha value is -3.62. The van der Waals surface area contributed by atoms with Crippen molar-refractivity contribution in [2.24, 2.45) is 0 Å². The quantitative estimate of drug-likeness (QED) is 0.583. The molecule has 1 aromatic heterocycles. The van der Waals surface area contributed by atoms with E-state index in [1.165, 1.54) is 42.1 Å². The molecule has 0 aliphatic heterocycles. The first kappa shape index (κ1) is 21.2. The van der Waals surface area contributed by atoms with E-state index in [1.807, 2.05) is 0 Å². The minimum atomic E-state index is -1.18. The number of amides is 1. The lowest BCUT2D eigenvalue weighted by atomic mass is 9.95. The number of esters is 1. The van der Waals surface area contributed by atoms with Crippen LogP contribution in [0.5, 0.6) is 0 Å². The number of carbonyl (C=O) groups is 2. The highest BCUT2D eigenvalue weighted by Gasteiger charge is 2.44. The van der Waals surface area contributed by atoms with Crippen molar-refractivity contribution in [2.75, 3.05) is 7.11 Å². The molecule has 0 spiro atoms. The van der Waals surface area contributed by atoms with Gasteiger partial charge in [-0.05, 0) is 55.0 Å². The number of hydrogen-bond donors (Lipinski definition) is 1. The van der Waals surface area contributed by atoms with Crippen molar-refractivity contribution in [3.63, 3.8) is 0 Å². The summed E-state index contributed by atoms with van der Waals surface area (Å²) in [7, 11) is 1.19. The first-order valence-electron chi connectivity index (χ1n) is 10.6. The van der Waals surface area contributed by atoms with Crippen molar-refractivity contribution < 1.29 is 27.5 Å². The zero-order valence-corrected chi connectivity index (χ0v) is 17.6. The Morgan fingerprint density at radius 3 is 2.45 bits per heavy atom. The van der Waals surface area contributed by atoms with Crippen LogP contribution in [0.1, 0.15) is 64.4 Å². The van der Waals surface area contributed by atoms with Gasteiger partial charge in [-0.25, -0.2) is 22.6 Å². The van der Waals surface area contributed by atoms with Crippen molar-refractivity contribution in [1.29, 1.82) is 0 Å². The van der Waals surface area contributed by atoms with Gasteiger partial charge in [-0.3, -0.25) is 4.79 Å². The molecule has 6 nitrogen and oxygen atoms in total. The smallest absolute Gasteiger partial charge is 0.333 e. The van der Waals surface area contributed by atoms with Gasteiger partial charge in [-0.15, -0.1) is 0 Å². The second-order valence-electron chi connectivity index (χ2n) is 8.34. The van der Waals surface area contributed by atoms with E-state index in [0.717, 1.165) is 42.7 Å². The molecule has 9 heteroatoms. The maximum absolute atomic E-state index is 14.6. The molecule has 33 heavy (non-hydrogen) atoms. The highest BCUT2D eigenvalue weighted by Crippen LogP contribution is 2.54. The van der Waals surface area contributed by atoms with Gasteiger partial charge in [0.15, 0.2) is 17.6 Å². The number of halogens is 3. The number of rotatable bonds is 5. The van der Waals surface area contributed by atoms with E-state index in [9.17, 15) is 22.8 Å². The minimum absolute atomic E-state index is 0.0577. The van der Waals surface area contributed by atoms with Crippen LogP contribution in [0.4, 0.5) is 13.2 Å². The van der Waals surface area contributed by atoms with E-state index in [1.54, 1.807) is 0 Å². The molecule has 1 saturated carbocycles. The Labute approximate surface area is 187 Å². The summed E-state index contributed by atoms with van der Waals surface area (Å²) in [6.07, 6.45) is 2.61. The van der Waals surface area contributed by atoms with Gasteiger partial charge in [0.05, 0.1) is 12.8 Å². The number of fused-ring (bicyclic) bond motifs is 5. The van der Waals surface area contributed by atoms with Crippen molar-refractivity contribution in [1.82, 2.24) is 15.1 Å². The monoisotopic (exact) mass is 455 g/mol. The van der Waals surface area contributed by atoms with E-state index in [0.29, 0.717) is 5.56 Å². The number of nitrogens with one attached hydrogen (secondary N) is 1. The van der Waals surface area contributed by atoms with Crippen molar-refractivity contribution >= 4 is 11.9 Å². The Morgan fingerprint density at radius 1 is 1.06 bits per heavy atom. The Balaban J connectivity index is 1.55. The van der Waals surface area contributed by atoms with Crippen LogP contribution in [0.15, 0.2) is 42.5 Å². The molecule has 5 rings (SSSR count). The number of aromatic nitrogens is 2. The summed E-state index contributed by atoms with van der Waals surface area (Å²) in [5.74, 6) is -3.10. The standard InChI is InChI=1S/C24H20F3N3O3/c1-33-24(32)20(12-4-6-15(25)7-5-12)28-23(31)21-19-13-2-3-14(10-13)22(19)30(29-21)18-9-8-16(26)11-17(18)27/h4-9,11,13-14,20H,2-3,10H2,1H3,(H,28,31)/t13?,14?,20-/m0/s1. The Kier molecular flexibility index (Phi) is 5.19. The van der Waals surface area contributed by atoms with Crippen LogP contribution in [0.2, 0.25) is 0 Å². The first-order chi connectivity index (χ1) is 15.9. The van der Waals surface area contributed by atoms with Gasteiger partial charge < -0.3 is 10.1 Å². The molecule has 2 unspecified atom stereocenters. The molecule has 2 aromatic carbocycles. The summed E-state index contributed by atoms with van der Waals surface area (Å²) < 4.78 is 47.6. The van der Waals surface area contributed by atoms with Gasteiger partial charge in [0.25, 0.3) is 5.91 Å². The van der Waals surface area contributed by atoms with Crippen LogP contribution in [-0.2, 0) is 9.53 Å². The molecule has 2 aliphatic rings. The van der Waals surface area contributed by atoms with E-state index >= 15 is 0 Å². The third-order valence-electron chi connectivity index (χ3n) is 6.46. The number of benzene rings is 2. The Bertz CT molecular complexity index is 1260. The molecule has 1 fully saturated rings. The zero-order chi connectivity index (χ0) is 23.3. The lowest BCUT2D eigenvalue weighted by Crippen LogP contribution is -2.35. The highest BCUT2D eigenvalue weighted by atomic mass is 19.1. The summed E-state index contributed by atoms with van der Waals surface area (Å²) >= 11 is 0. The van der Waals surface area contributed by atoms with E-state index in [-0.39, 0.29) is 23.2 Å². The average Bonchev–Trinajstić information content (AvgIpc) is 3.51. The van der Waals surface area contributed by atoms with Crippen molar-refractivity contribution in [2.45, 2.75) is 37.1 Å². The molecule has 2 bridgehead atoms. The summed E-state index contributed by atoms with van der Waals surface area (Å²) in [4.78, 5) is 25.7. The van der Waals surface area contributed by atoms with Crippen LogP contribution in [0.3, 0.4) is 0 Å². The normalized spacial score (nSPS) is 19.3. The molecule has 170 valence electrons. The Morgan fingerprint density at radius 2 is 1.76 bits per heavy atom. The summed E-state index contributed by atoms with van der Waals surface area (Å²) in [5, 5.41) is 7.04. The predicted molar refractivity (Wildman–Crippen MR) is 111 cm³/mol. The average molecular weight is 455 g/mol.